The van der Waals surface area contributed by atoms with Crippen LogP contribution in [0.5, 0.6) is 0 Å². The number of rotatable bonds is 1. The van der Waals surface area contributed by atoms with Crippen LogP contribution in [-0.2, 0) is 0 Å². The van der Waals surface area contributed by atoms with Crippen LogP contribution in [0.15, 0.2) is 41.6 Å². The van der Waals surface area contributed by atoms with Crippen molar-refractivity contribution in [2.45, 2.75) is 6.92 Å². The molecular weight excluding hydrogens is 162 g/mol. The van der Waals surface area contributed by atoms with E-state index in [1.165, 1.54) is 0 Å². The molecule has 0 amide bonds. The van der Waals surface area contributed by atoms with Gasteiger partial charge in [-0.1, -0.05) is 24.3 Å². The summed E-state index contributed by atoms with van der Waals surface area (Å²) >= 11 is 0. The molecule has 2 rings (SSSR count). The van der Waals surface area contributed by atoms with Crippen molar-refractivity contribution in [2.24, 2.45) is 5.18 Å². The average molecular weight is 171 g/mol. The van der Waals surface area contributed by atoms with Crippen LogP contribution in [0.4, 0.5) is 5.69 Å². The summed E-state index contributed by atoms with van der Waals surface area (Å²) in [4.78, 5) is 10.4. The molecule has 0 atom stereocenters. The van der Waals surface area contributed by atoms with Crippen molar-refractivity contribution >= 4 is 16.5 Å². The van der Waals surface area contributed by atoms with Crippen LogP contribution in [0.1, 0.15) is 5.56 Å². The van der Waals surface area contributed by atoms with Crippen LogP contribution in [0.2, 0.25) is 0 Å². The number of hydrogen-bond acceptors (Lipinski definition) is 2. The molecule has 2 aromatic rings. The Labute approximate surface area is 76.2 Å². The first-order valence-corrected chi connectivity index (χ1v) is 4.14. The molecule has 0 saturated carbocycles. The molecule has 0 bridgehead atoms. The number of benzene rings is 2. The van der Waals surface area contributed by atoms with E-state index in [4.69, 9.17) is 0 Å². The van der Waals surface area contributed by atoms with Crippen LogP contribution < -0.4 is 0 Å². The van der Waals surface area contributed by atoms with E-state index in [0.717, 1.165) is 16.3 Å². The molecule has 0 radical (unpaired) electrons. The SMILES string of the molecule is Cc1cc2ccccc2cc1N=O. The third-order valence-corrected chi connectivity index (χ3v) is 2.16. The Hall–Kier alpha value is -1.70. The molecule has 0 aliphatic rings. The van der Waals surface area contributed by atoms with Gasteiger partial charge in [-0.2, -0.15) is 0 Å². The fourth-order valence-corrected chi connectivity index (χ4v) is 1.44. The van der Waals surface area contributed by atoms with E-state index in [9.17, 15) is 4.91 Å². The molecule has 0 aliphatic carbocycles. The van der Waals surface area contributed by atoms with Crippen molar-refractivity contribution in [3.05, 3.63) is 46.9 Å². The number of nitroso groups, excluding NO2 is 1. The maximum absolute atomic E-state index is 10.4. The van der Waals surface area contributed by atoms with E-state index in [2.05, 4.69) is 5.18 Å². The maximum Gasteiger partial charge on any atom is 0.111 e. The van der Waals surface area contributed by atoms with Gasteiger partial charge in [0.1, 0.15) is 5.69 Å². The fraction of sp³-hybridized carbons (Fsp3) is 0.0909. The maximum atomic E-state index is 10.4. The lowest BCUT2D eigenvalue weighted by atomic mass is 10.1. The average Bonchev–Trinajstić information content (AvgIpc) is 2.17. The van der Waals surface area contributed by atoms with Gasteiger partial charge in [0.2, 0.25) is 0 Å². The minimum absolute atomic E-state index is 0.527. The van der Waals surface area contributed by atoms with Gasteiger partial charge in [-0.05, 0) is 40.6 Å². The summed E-state index contributed by atoms with van der Waals surface area (Å²) in [5.74, 6) is 0. The van der Waals surface area contributed by atoms with E-state index >= 15 is 0 Å². The molecule has 0 aliphatic heterocycles. The highest BCUT2D eigenvalue weighted by atomic mass is 16.3. The number of fused-ring (bicyclic) bond motifs is 1. The summed E-state index contributed by atoms with van der Waals surface area (Å²) in [6.45, 7) is 1.89. The van der Waals surface area contributed by atoms with Crippen molar-refractivity contribution in [3.63, 3.8) is 0 Å². The Balaban J connectivity index is 2.81. The molecule has 2 heteroatoms. The molecule has 0 spiro atoms. The minimum Gasteiger partial charge on any atom is -0.145 e. The van der Waals surface area contributed by atoms with Gasteiger partial charge < -0.3 is 0 Å². The van der Waals surface area contributed by atoms with Gasteiger partial charge in [0.15, 0.2) is 0 Å². The summed E-state index contributed by atoms with van der Waals surface area (Å²) in [5.41, 5.74) is 1.45. The van der Waals surface area contributed by atoms with Crippen molar-refractivity contribution < 1.29 is 0 Å². The van der Waals surface area contributed by atoms with E-state index < -0.39 is 0 Å². The quantitative estimate of drug-likeness (QED) is 0.603. The third kappa shape index (κ3) is 1.31. The topological polar surface area (TPSA) is 29.4 Å². The summed E-state index contributed by atoms with van der Waals surface area (Å²) < 4.78 is 0. The largest absolute Gasteiger partial charge is 0.145 e. The second-order valence-electron chi connectivity index (χ2n) is 3.08. The Morgan fingerprint density at radius 1 is 1.08 bits per heavy atom. The van der Waals surface area contributed by atoms with E-state index in [1.807, 2.05) is 43.3 Å². The zero-order valence-electron chi connectivity index (χ0n) is 7.32. The van der Waals surface area contributed by atoms with Crippen LogP contribution in [0.25, 0.3) is 10.8 Å². The Kier molecular flexibility index (Phi) is 1.81. The minimum atomic E-state index is 0.527. The second-order valence-corrected chi connectivity index (χ2v) is 3.08. The van der Waals surface area contributed by atoms with E-state index in [0.29, 0.717) is 5.69 Å². The van der Waals surface area contributed by atoms with Gasteiger partial charge in [-0.3, -0.25) is 0 Å². The lowest BCUT2D eigenvalue weighted by molar-refractivity contribution is 1.41. The van der Waals surface area contributed by atoms with Gasteiger partial charge in [0.05, 0.1) is 0 Å². The molecule has 0 saturated heterocycles. The fourth-order valence-electron chi connectivity index (χ4n) is 1.44. The van der Waals surface area contributed by atoms with Gasteiger partial charge in [-0.25, -0.2) is 0 Å². The molecule has 0 fully saturated rings. The first kappa shape index (κ1) is 7.92. The van der Waals surface area contributed by atoms with E-state index in [1.54, 1.807) is 0 Å². The van der Waals surface area contributed by atoms with E-state index in [-0.39, 0.29) is 0 Å². The van der Waals surface area contributed by atoms with Crippen LogP contribution >= 0.6 is 0 Å². The molecule has 0 aromatic heterocycles. The first-order valence-electron chi connectivity index (χ1n) is 4.14. The lowest BCUT2D eigenvalue weighted by Gasteiger charge is -2.00. The Bertz CT molecular complexity index is 463. The Morgan fingerprint density at radius 3 is 2.31 bits per heavy atom. The standard InChI is InChI=1S/C11H9NO/c1-8-6-9-4-2-3-5-10(9)7-11(8)12-13/h2-7H,1H3. The molecular formula is C11H9NO. The smallest absolute Gasteiger partial charge is 0.111 e. The summed E-state index contributed by atoms with van der Waals surface area (Å²) in [6.07, 6.45) is 0. The van der Waals surface area contributed by atoms with Crippen LogP contribution in [0, 0.1) is 11.8 Å². The first-order chi connectivity index (χ1) is 6.31. The lowest BCUT2D eigenvalue weighted by Crippen LogP contribution is -1.76. The molecule has 2 aromatic carbocycles. The highest BCUT2D eigenvalue weighted by Gasteiger charge is 1.99. The number of nitrogens with zero attached hydrogens (tertiary/aromatic N) is 1. The zero-order chi connectivity index (χ0) is 9.26. The third-order valence-electron chi connectivity index (χ3n) is 2.16. The van der Waals surface area contributed by atoms with Crippen molar-refractivity contribution in [2.75, 3.05) is 0 Å². The molecule has 13 heavy (non-hydrogen) atoms. The highest BCUT2D eigenvalue weighted by Crippen LogP contribution is 2.25. The normalized spacial score (nSPS) is 10.2. The highest BCUT2D eigenvalue weighted by molar-refractivity contribution is 5.86. The molecule has 64 valence electrons. The van der Waals surface area contributed by atoms with Gasteiger partial charge in [0.25, 0.3) is 0 Å². The van der Waals surface area contributed by atoms with Gasteiger partial charge >= 0.3 is 0 Å². The van der Waals surface area contributed by atoms with Crippen molar-refractivity contribution in [1.82, 2.24) is 0 Å². The molecule has 0 unspecified atom stereocenters. The summed E-state index contributed by atoms with van der Waals surface area (Å²) in [7, 11) is 0. The Morgan fingerprint density at radius 2 is 1.69 bits per heavy atom. The van der Waals surface area contributed by atoms with Crippen LogP contribution in [-0.4, -0.2) is 0 Å². The molecule has 0 heterocycles. The van der Waals surface area contributed by atoms with Crippen molar-refractivity contribution in [1.29, 1.82) is 0 Å². The van der Waals surface area contributed by atoms with Gasteiger partial charge in [0, 0.05) is 0 Å². The zero-order valence-corrected chi connectivity index (χ0v) is 7.32. The van der Waals surface area contributed by atoms with Crippen molar-refractivity contribution in [3.8, 4) is 0 Å². The number of hydrogen-bond donors (Lipinski definition) is 0. The number of aryl methyl sites for hydroxylation is 1. The second kappa shape index (κ2) is 2.98. The summed E-state index contributed by atoms with van der Waals surface area (Å²) in [5, 5.41) is 5.17. The van der Waals surface area contributed by atoms with Crippen LogP contribution in [0.3, 0.4) is 0 Å². The monoisotopic (exact) mass is 171 g/mol. The predicted molar refractivity (Wildman–Crippen MR) is 54.1 cm³/mol. The van der Waals surface area contributed by atoms with Gasteiger partial charge in [-0.15, -0.1) is 4.91 Å². The predicted octanol–water partition coefficient (Wildman–Crippen LogP) is 3.55. The molecule has 2 nitrogen and oxygen atoms in total. The summed E-state index contributed by atoms with van der Waals surface area (Å²) in [6, 6.07) is 11.7. The molecule has 0 N–H and O–H groups in total.